The molecule has 1 aliphatic rings. The van der Waals surface area contributed by atoms with Crippen LogP contribution < -0.4 is 5.32 Å². The number of benzene rings is 2. The van der Waals surface area contributed by atoms with Gasteiger partial charge in [0.15, 0.2) is 0 Å². The van der Waals surface area contributed by atoms with Crippen LogP contribution in [0.15, 0.2) is 52.9 Å². The van der Waals surface area contributed by atoms with Gasteiger partial charge >= 0.3 is 0 Å². The number of morpholine rings is 1. The van der Waals surface area contributed by atoms with E-state index in [1.54, 1.807) is 12.1 Å². The first kappa shape index (κ1) is 20.3. The fourth-order valence-corrected chi connectivity index (χ4v) is 3.49. The maximum atomic E-state index is 12.5. The van der Waals surface area contributed by atoms with Gasteiger partial charge in [-0.3, -0.25) is 9.69 Å². The molecule has 1 amide bonds. The Morgan fingerprint density at radius 3 is 2.47 bits per heavy atom. The lowest BCUT2D eigenvalue weighted by Crippen LogP contribution is -2.47. The molecule has 1 saturated heterocycles. The van der Waals surface area contributed by atoms with Gasteiger partial charge < -0.3 is 14.5 Å². The van der Waals surface area contributed by atoms with Crippen LogP contribution in [-0.2, 0) is 4.74 Å². The highest BCUT2D eigenvalue weighted by molar-refractivity contribution is 5.94. The lowest BCUT2D eigenvalue weighted by Gasteiger charge is -2.32. The zero-order valence-electron chi connectivity index (χ0n) is 17.3. The molecule has 3 aromatic rings. The van der Waals surface area contributed by atoms with Gasteiger partial charge in [-0.2, -0.15) is 0 Å². The SMILES string of the molecule is Cc1cccc(-c2nnc(-c3ccc(C(=O)NCC(C)N4CCOCC4)cc3)o2)c1. The van der Waals surface area contributed by atoms with Gasteiger partial charge in [0.1, 0.15) is 0 Å². The molecule has 1 N–H and O–H groups in total. The zero-order chi connectivity index (χ0) is 20.9. The predicted molar refractivity (Wildman–Crippen MR) is 114 cm³/mol. The summed E-state index contributed by atoms with van der Waals surface area (Å²) in [7, 11) is 0. The molecule has 30 heavy (non-hydrogen) atoms. The predicted octanol–water partition coefficient (Wildman–Crippen LogP) is 3.16. The van der Waals surface area contributed by atoms with E-state index in [4.69, 9.17) is 9.15 Å². The first-order valence-electron chi connectivity index (χ1n) is 10.2. The number of rotatable bonds is 6. The third-order valence-electron chi connectivity index (χ3n) is 5.31. The Balaban J connectivity index is 1.37. The van der Waals surface area contributed by atoms with Crippen molar-refractivity contribution in [3.8, 4) is 22.9 Å². The largest absolute Gasteiger partial charge is 0.416 e. The summed E-state index contributed by atoms with van der Waals surface area (Å²) in [6, 6.07) is 15.4. The summed E-state index contributed by atoms with van der Waals surface area (Å²) in [6.45, 7) is 8.05. The lowest BCUT2D eigenvalue weighted by atomic mass is 10.1. The first-order chi connectivity index (χ1) is 14.6. The third kappa shape index (κ3) is 4.75. The molecule has 1 atom stereocenters. The van der Waals surface area contributed by atoms with Crippen LogP contribution in [-0.4, -0.2) is 59.9 Å². The first-order valence-corrected chi connectivity index (χ1v) is 10.2. The highest BCUT2D eigenvalue weighted by Gasteiger charge is 2.18. The van der Waals surface area contributed by atoms with E-state index in [-0.39, 0.29) is 11.9 Å². The number of amides is 1. The molecule has 7 heteroatoms. The number of nitrogens with zero attached hydrogens (tertiary/aromatic N) is 3. The quantitative estimate of drug-likeness (QED) is 0.677. The molecular weight excluding hydrogens is 380 g/mol. The van der Waals surface area contributed by atoms with Crippen molar-refractivity contribution < 1.29 is 13.9 Å². The van der Waals surface area contributed by atoms with Crippen molar-refractivity contribution in [2.24, 2.45) is 0 Å². The van der Waals surface area contributed by atoms with Crippen LogP contribution in [0.2, 0.25) is 0 Å². The van der Waals surface area contributed by atoms with Crippen molar-refractivity contribution in [2.75, 3.05) is 32.8 Å². The van der Waals surface area contributed by atoms with Crippen LogP contribution in [0.25, 0.3) is 22.9 Å². The minimum absolute atomic E-state index is 0.0901. The minimum atomic E-state index is -0.0901. The van der Waals surface area contributed by atoms with Crippen LogP contribution in [0.4, 0.5) is 0 Å². The number of carbonyl (C=O) groups is 1. The van der Waals surface area contributed by atoms with E-state index in [1.165, 1.54) is 0 Å². The normalized spacial score (nSPS) is 15.7. The molecular formula is C23H26N4O3. The number of hydrogen-bond donors (Lipinski definition) is 1. The van der Waals surface area contributed by atoms with E-state index in [0.29, 0.717) is 23.9 Å². The maximum Gasteiger partial charge on any atom is 0.251 e. The smallest absolute Gasteiger partial charge is 0.251 e. The number of nitrogens with one attached hydrogen (secondary N) is 1. The van der Waals surface area contributed by atoms with Crippen LogP contribution in [0.3, 0.4) is 0 Å². The summed E-state index contributed by atoms with van der Waals surface area (Å²) in [5, 5.41) is 11.3. The van der Waals surface area contributed by atoms with Crippen molar-refractivity contribution in [3.63, 3.8) is 0 Å². The average Bonchev–Trinajstić information content (AvgIpc) is 3.28. The number of ether oxygens (including phenoxy) is 1. The topological polar surface area (TPSA) is 80.5 Å². The second-order valence-corrected chi connectivity index (χ2v) is 7.57. The molecule has 2 aromatic carbocycles. The van der Waals surface area contributed by atoms with E-state index in [1.807, 2.05) is 43.3 Å². The molecule has 1 aromatic heterocycles. The Labute approximate surface area is 176 Å². The summed E-state index contributed by atoms with van der Waals surface area (Å²) >= 11 is 0. The number of aryl methyl sites for hydroxylation is 1. The van der Waals surface area contributed by atoms with E-state index in [0.717, 1.165) is 43.0 Å². The summed E-state index contributed by atoms with van der Waals surface area (Å²) in [5.41, 5.74) is 3.40. The number of carbonyl (C=O) groups excluding carboxylic acids is 1. The van der Waals surface area contributed by atoms with Crippen molar-refractivity contribution in [2.45, 2.75) is 19.9 Å². The van der Waals surface area contributed by atoms with E-state index < -0.39 is 0 Å². The van der Waals surface area contributed by atoms with Crippen LogP contribution in [0, 0.1) is 6.92 Å². The highest BCUT2D eigenvalue weighted by Crippen LogP contribution is 2.24. The van der Waals surface area contributed by atoms with Crippen molar-refractivity contribution >= 4 is 5.91 Å². The fourth-order valence-electron chi connectivity index (χ4n) is 3.49. The standard InChI is InChI=1S/C23H26N4O3/c1-16-4-3-5-20(14-16)23-26-25-22(30-23)19-8-6-18(7-9-19)21(28)24-15-17(2)27-10-12-29-13-11-27/h3-9,14,17H,10-13,15H2,1-2H3,(H,24,28). The van der Waals surface area contributed by atoms with E-state index in [9.17, 15) is 4.79 Å². The van der Waals surface area contributed by atoms with Gasteiger partial charge in [0.25, 0.3) is 5.91 Å². The molecule has 1 aliphatic heterocycles. The molecule has 2 heterocycles. The molecule has 0 saturated carbocycles. The Morgan fingerprint density at radius 2 is 1.77 bits per heavy atom. The average molecular weight is 406 g/mol. The molecule has 0 aliphatic carbocycles. The lowest BCUT2D eigenvalue weighted by molar-refractivity contribution is 0.0204. The van der Waals surface area contributed by atoms with Gasteiger partial charge in [-0.1, -0.05) is 17.7 Å². The molecule has 0 bridgehead atoms. The van der Waals surface area contributed by atoms with Gasteiger partial charge in [-0.15, -0.1) is 10.2 Å². The van der Waals surface area contributed by atoms with Gasteiger partial charge in [0.2, 0.25) is 11.8 Å². The van der Waals surface area contributed by atoms with Crippen LogP contribution in [0.5, 0.6) is 0 Å². The van der Waals surface area contributed by atoms with Crippen LogP contribution >= 0.6 is 0 Å². The Bertz CT molecular complexity index is 994. The van der Waals surface area contributed by atoms with Crippen molar-refractivity contribution in [1.82, 2.24) is 20.4 Å². The van der Waals surface area contributed by atoms with E-state index >= 15 is 0 Å². The van der Waals surface area contributed by atoms with Gasteiger partial charge in [-0.05, 0) is 50.2 Å². The Morgan fingerprint density at radius 1 is 1.07 bits per heavy atom. The minimum Gasteiger partial charge on any atom is -0.416 e. The Hall–Kier alpha value is -3.03. The third-order valence-corrected chi connectivity index (χ3v) is 5.31. The highest BCUT2D eigenvalue weighted by atomic mass is 16.5. The fraction of sp³-hybridized carbons (Fsp3) is 0.348. The van der Waals surface area contributed by atoms with E-state index in [2.05, 4.69) is 27.3 Å². The zero-order valence-corrected chi connectivity index (χ0v) is 17.3. The number of hydrogen-bond acceptors (Lipinski definition) is 6. The second-order valence-electron chi connectivity index (χ2n) is 7.57. The monoisotopic (exact) mass is 406 g/mol. The molecule has 0 radical (unpaired) electrons. The molecule has 0 spiro atoms. The summed E-state index contributed by atoms with van der Waals surface area (Å²) < 4.78 is 11.2. The maximum absolute atomic E-state index is 12.5. The molecule has 1 fully saturated rings. The molecule has 156 valence electrons. The molecule has 4 rings (SSSR count). The summed E-state index contributed by atoms with van der Waals surface area (Å²) in [5.74, 6) is 0.819. The van der Waals surface area contributed by atoms with Crippen LogP contribution in [0.1, 0.15) is 22.8 Å². The summed E-state index contributed by atoms with van der Waals surface area (Å²) in [4.78, 5) is 14.8. The summed E-state index contributed by atoms with van der Waals surface area (Å²) in [6.07, 6.45) is 0. The molecule has 1 unspecified atom stereocenters. The Kier molecular flexibility index (Phi) is 6.21. The van der Waals surface area contributed by atoms with Gasteiger partial charge in [-0.25, -0.2) is 0 Å². The van der Waals surface area contributed by atoms with Crippen molar-refractivity contribution in [1.29, 1.82) is 0 Å². The van der Waals surface area contributed by atoms with Gasteiger partial charge in [0.05, 0.1) is 13.2 Å². The molecule has 7 nitrogen and oxygen atoms in total. The second kappa shape index (κ2) is 9.19. The van der Waals surface area contributed by atoms with Crippen molar-refractivity contribution in [3.05, 3.63) is 59.7 Å². The number of aromatic nitrogens is 2. The van der Waals surface area contributed by atoms with Gasteiger partial charge in [0, 0.05) is 42.4 Å².